The van der Waals surface area contributed by atoms with Crippen molar-refractivity contribution in [2.24, 2.45) is 5.92 Å². The van der Waals surface area contributed by atoms with Crippen LogP contribution in [0.4, 0.5) is 5.69 Å². The number of piperidine rings is 2. The Hall–Kier alpha value is -1.55. The van der Waals surface area contributed by atoms with E-state index in [0.29, 0.717) is 23.2 Å². The van der Waals surface area contributed by atoms with Gasteiger partial charge in [0.15, 0.2) is 0 Å². The number of nitrogens with zero attached hydrogens (tertiary/aromatic N) is 1. The van der Waals surface area contributed by atoms with Crippen LogP contribution < -0.4 is 11.1 Å². The molecule has 0 aliphatic carbocycles. The van der Waals surface area contributed by atoms with E-state index in [1.807, 2.05) is 0 Å². The van der Waals surface area contributed by atoms with Crippen LogP contribution in [0.2, 0.25) is 0 Å². The molecule has 3 rings (SSSR count). The van der Waals surface area contributed by atoms with E-state index in [4.69, 9.17) is 5.73 Å². The van der Waals surface area contributed by atoms with Crippen LogP contribution in [0.15, 0.2) is 24.3 Å². The Morgan fingerprint density at radius 1 is 1.14 bits per heavy atom. The van der Waals surface area contributed by atoms with E-state index in [0.717, 1.165) is 6.54 Å². The molecule has 0 unspecified atom stereocenters. The standard InChI is InChI=1S/C17H25N3O/c18-15-8-6-13(7-9-15)17(21)19-12-14-4-3-11-20-10-2-1-5-16(14)20/h6-9,14,16H,1-5,10-12,18H2,(H,19,21)/t14-,16+/m0/s1. The number of amides is 1. The van der Waals surface area contributed by atoms with E-state index < -0.39 is 0 Å². The van der Waals surface area contributed by atoms with E-state index >= 15 is 0 Å². The highest BCUT2D eigenvalue weighted by molar-refractivity contribution is 5.94. The predicted octanol–water partition coefficient (Wildman–Crippen LogP) is 2.26. The number of benzene rings is 1. The zero-order valence-electron chi connectivity index (χ0n) is 12.6. The fourth-order valence-corrected chi connectivity index (χ4v) is 3.78. The minimum absolute atomic E-state index is 0.0166. The smallest absolute Gasteiger partial charge is 0.251 e. The number of nitrogens with one attached hydrogen (secondary N) is 1. The third kappa shape index (κ3) is 3.38. The fourth-order valence-electron chi connectivity index (χ4n) is 3.78. The highest BCUT2D eigenvalue weighted by atomic mass is 16.1. The molecule has 114 valence electrons. The van der Waals surface area contributed by atoms with Gasteiger partial charge in [0, 0.05) is 23.8 Å². The largest absolute Gasteiger partial charge is 0.399 e. The second-order valence-corrected chi connectivity index (χ2v) is 6.33. The summed E-state index contributed by atoms with van der Waals surface area (Å²) in [5.41, 5.74) is 7.04. The third-order valence-electron chi connectivity index (χ3n) is 4.93. The Bertz CT molecular complexity index is 483. The van der Waals surface area contributed by atoms with Gasteiger partial charge < -0.3 is 16.0 Å². The molecule has 4 nitrogen and oxygen atoms in total. The van der Waals surface area contributed by atoms with Crippen LogP contribution in [0, 0.1) is 5.92 Å². The lowest BCUT2D eigenvalue weighted by Gasteiger charge is -2.44. The summed E-state index contributed by atoms with van der Waals surface area (Å²) >= 11 is 0. The van der Waals surface area contributed by atoms with Gasteiger partial charge in [-0.25, -0.2) is 0 Å². The molecule has 1 aromatic rings. The molecule has 0 saturated carbocycles. The van der Waals surface area contributed by atoms with Crippen molar-refractivity contribution in [1.82, 2.24) is 10.2 Å². The summed E-state index contributed by atoms with van der Waals surface area (Å²) in [5, 5.41) is 3.11. The number of hydrogen-bond donors (Lipinski definition) is 2. The van der Waals surface area contributed by atoms with Gasteiger partial charge in [-0.3, -0.25) is 4.79 Å². The average molecular weight is 287 g/mol. The highest BCUT2D eigenvalue weighted by Gasteiger charge is 2.32. The molecule has 2 fully saturated rings. The maximum absolute atomic E-state index is 12.2. The summed E-state index contributed by atoms with van der Waals surface area (Å²) in [6, 6.07) is 7.81. The zero-order chi connectivity index (χ0) is 14.7. The molecule has 2 aliphatic heterocycles. The van der Waals surface area contributed by atoms with Crippen molar-refractivity contribution in [1.29, 1.82) is 0 Å². The molecule has 4 heteroatoms. The molecular formula is C17H25N3O. The van der Waals surface area contributed by atoms with Gasteiger partial charge in [0.2, 0.25) is 0 Å². The Labute approximate surface area is 126 Å². The van der Waals surface area contributed by atoms with Crippen molar-refractivity contribution in [3.8, 4) is 0 Å². The van der Waals surface area contributed by atoms with Crippen molar-refractivity contribution in [2.75, 3.05) is 25.4 Å². The van der Waals surface area contributed by atoms with Gasteiger partial charge in [0.25, 0.3) is 5.91 Å². The second kappa shape index (κ2) is 6.48. The van der Waals surface area contributed by atoms with Crippen LogP contribution in [0.1, 0.15) is 42.5 Å². The third-order valence-corrected chi connectivity index (χ3v) is 4.93. The Morgan fingerprint density at radius 2 is 1.90 bits per heavy atom. The van der Waals surface area contributed by atoms with E-state index in [2.05, 4.69) is 10.2 Å². The van der Waals surface area contributed by atoms with Gasteiger partial charge in [0.05, 0.1) is 0 Å². The first-order valence-electron chi connectivity index (χ1n) is 8.12. The van der Waals surface area contributed by atoms with Gasteiger partial charge in [-0.05, 0) is 69.0 Å². The second-order valence-electron chi connectivity index (χ2n) is 6.33. The lowest BCUT2D eigenvalue weighted by Crippen LogP contribution is -2.51. The molecule has 2 atom stereocenters. The SMILES string of the molecule is Nc1ccc(C(=O)NC[C@@H]2CCCN3CCCC[C@H]23)cc1. The fraction of sp³-hybridized carbons (Fsp3) is 0.588. The molecular weight excluding hydrogens is 262 g/mol. The van der Waals surface area contributed by atoms with Gasteiger partial charge in [-0.15, -0.1) is 0 Å². The summed E-state index contributed by atoms with van der Waals surface area (Å²) in [5.74, 6) is 0.625. The number of nitrogens with two attached hydrogens (primary N) is 1. The van der Waals surface area contributed by atoms with E-state index in [1.54, 1.807) is 24.3 Å². The van der Waals surface area contributed by atoms with Crippen LogP contribution in [0.3, 0.4) is 0 Å². The van der Waals surface area contributed by atoms with E-state index in [9.17, 15) is 4.79 Å². The summed E-state index contributed by atoms with van der Waals surface area (Å²) in [6.07, 6.45) is 6.47. The summed E-state index contributed by atoms with van der Waals surface area (Å²) in [6.45, 7) is 3.28. The lowest BCUT2D eigenvalue weighted by atomic mass is 9.83. The topological polar surface area (TPSA) is 58.4 Å². The van der Waals surface area contributed by atoms with Gasteiger partial charge in [-0.1, -0.05) is 6.42 Å². The maximum atomic E-state index is 12.2. The van der Waals surface area contributed by atoms with Crippen LogP contribution in [-0.2, 0) is 0 Å². The molecule has 3 N–H and O–H groups in total. The number of carbonyl (C=O) groups excluding carboxylic acids is 1. The number of nitrogen functional groups attached to an aromatic ring is 1. The van der Waals surface area contributed by atoms with Crippen LogP contribution in [-0.4, -0.2) is 36.5 Å². The monoisotopic (exact) mass is 287 g/mol. The maximum Gasteiger partial charge on any atom is 0.251 e. The average Bonchev–Trinajstić information content (AvgIpc) is 2.53. The lowest BCUT2D eigenvalue weighted by molar-refractivity contribution is 0.0575. The molecule has 0 aromatic heterocycles. The molecule has 21 heavy (non-hydrogen) atoms. The number of anilines is 1. The van der Waals surface area contributed by atoms with Crippen molar-refractivity contribution in [3.05, 3.63) is 29.8 Å². The first-order chi connectivity index (χ1) is 10.2. The Kier molecular flexibility index (Phi) is 4.44. The molecule has 0 bridgehead atoms. The minimum atomic E-state index is 0.0166. The van der Waals surface area contributed by atoms with E-state index in [1.165, 1.54) is 45.2 Å². The molecule has 0 radical (unpaired) electrons. The first kappa shape index (κ1) is 14.4. The normalized spacial score (nSPS) is 26.1. The number of hydrogen-bond acceptors (Lipinski definition) is 3. The van der Waals surface area contributed by atoms with Gasteiger partial charge in [0.1, 0.15) is 0 Å². The molecule has 2 saturated heterocycles. The van der Waals surface area contributed by atoms with Crippen LogP contribution in [0.5, 0.6) is 0 Å². The van der Waals surface area contributed by atoms with E-state index in [-0.39, 0.29) is 5.91 Å². The van der Waals surface area contributed by atoms with Crippen LogP contribution in [0.25, 0.3) is 0 Å². The number of fused-ring (bicyclic) bond motifs is 1. The molecule has 0 spiro atoms. The Morgan fingerprint density at radius 3 is 2.71 bits per heavy atom. The van der Waals surface area contributed by atoms with Crippen molar-refractivity contribution in [2.45, 2.75) is 38.1 Å². The van der Waals surface area contributed by atoms with Crippen molar-refractivity contribution >= 4 is 11.6 Å². The van der Waals surface area contributed by atoms with Gasteiger partial charge >= 0.3 is 0 Å². The highest BCUT2D eigenvalue weighted by Crippen LogP contribution is 2.30. The molecule has 1 aromatic carbocycles. The summed E-state index contributed by atoms with van der Waals surface area (Å²) in [7, 11) is 0. The molecule has 2 heterocycles. The predicted molar refractivity (Wildman–Crippen MR) is 85.1 cm³/mol. The van der Waals surface area contributed by atoms with Crippen LogP contribution >= 0.6 is 0 Å². The summed E-state index contributed by atoms with van der Waals surface area (Å²) < 4.78 is 0. The quantitative estimate of drug-likeness (QED) is 0.838. The number of rotatable bonds is 3. The Balaban J connectivity index is 1.56. The molecule has 1 amide bonds. The summed E-state index contributed by atoms with van der Waals surface area (Å²) in [4.78, 5) is 14.8. The van der Waals surface area contributed by atoms with Crippen molar-refractivity contribution < 1.29 is 4.79 Å². The number of carbonyl (C=O) groups is 1. The minimum Gasteiger partial charge on any atom is -0.399 e. The molecule has 2 aliphatic rings. The van der Waals surface area contributed by atoms with Crippen molar-refractivity contribution in [3.63, 3.8) is 0 Å². The zero-order valence-corrected chi connectivity index (χ0v) is 12.6. The first-order valence-corrected chi connectivity index (χ1v) is 8.12. The van der Waals surface area contributed by atoms with Gasteiger partial charge in [-0.2, -0.15) is 0 Å².